The third kappa shape index (κ3) is 4.58. The summed E-state index contributed by atoms with van der Waals surface area (Å²) in [5.41, 5.74) is -1.11. The number of carbonyl (C=O) groups excluding carboxylic acids is 2. The summed E-state index contributed by atoms with van der Waals surface area (Å²) in [6.07, 6.45) is 3.48. The Balaban J connectivity index is 1.89. The first-order valence-electron chi connectivity index (χ1n) is 9.58. The van der Waals surface area contributed by atoms with Crippen molar-refractivity contribution in [2.45, 2.75) is 42.5 Å². The minimum Gasteiger partial charge on any atom is -0.467 e. The highest BCUT2D eigenvalue weighted by Gasteiger charge is 2.42. The lowest BCUT2D eigenvalue weighted by Gasteiger charge is -2.35. The minimum absolute atomic E-state index is 0.00912. The van der Waals surface area contributed by atoms with Crippen LogP contribution in [-0.2, 0) is 24.3 Å². The molecule has 1 amide bonds. The topological polar surface area (TPSA) is 102 Å². The SMILES string of the molecule is COC(=O)C1(NC(=O)c2cc(S(=O)(=O)N3CCOCC3)ccc2Cl)CCCCC1. The molecule has 1 aromatic carbocycles. The van der Waals surface area contributed by atoms with Gasteiger partial charge in [-0.1, -0.05) is 30.9 Å². The van der Waals surface area contributed by atoms with E-state index in [2.05, 4.69) is 5.32 Å². The number of benzene rings is 1. The van der Waals surface area contributed by atoms with Gasteiger partial charge in [0.25, 0.3) is 5.91 Å². The van der Waals surface area contributed by atoms with Crippen molar-refractivity contribution in [2.75, 3.05) is 33.4 Å². The molecule has 0 radical (unpaired) electrons. The summed E-state index contributed by atoms with van der Waals surface area (Å²) in [5.74, 6) is -1.10. The van der Waals surface area contributed by atoms with Crippen LogP contribution in [-0.4, -0.2) is 63.6 Å². The fourth-order valence-electron chi connectivity index (χ4n) is 3.79. The van der Waals surface area contributed by atoms with E-state index in [4.69, 9.17) is 21.1 Å². The van der Waals surface area contributed by atoms with E-state index in [1.165, 1.54) is 29.6 Å². The lowest BCUT2D eigenvalue weighted by Crippen LogP contribution is -2.56. The Bertz CT molecular complexity index is 877. The molecule has 8 nitrogen and oxygen atoms in total. The van der Waals surface area contributed by atoms with Gasteiger partial charge in [-0.25, -0.2) is 13.2 Å². The zero-order valence-electron chi connectivity index (χ0n) is 16.3. The maximum absolute atomic E-state index is 13.0. The Morgan fingerprint density at radius 1 is 1.17 bits per heavy atom. The zero-order valence-corrected chi connectivity index (χ0v) is 17.9. The van der Waals surface area contributed by atoms with Crippen LogP contribution < -0.4 is 5.32 Å². The van der Waals surface area contributed by atoms with E-state index in [0.717, 1.165) is 19.3 Å². The van der Waals surface area contributed by atoms with Crippen molar-refractivity contribution >= 4 is 33.5 Å². The van der Waals surface area contributed by atoms with Crippen LogP contribution in [0, 0.1) is 0 Å². The standard InChI is InChI=1S/C19H25ClN2O6S/c1-27-18(24)19(7-3-2-4-8-19)21-17(23)15-13-14(5-6-16(15)20)29(25,26)22-9-11-28-12-10-22/h5-6,13H,2-4,7-12H2,1H3,(H,21,23). The lowest BCUT2D eigenvalue weighted by atomic mass is 9.81. The summed E-state index contributed by atoms with van der Waals surface area (Å²) in [6, 6.07) is 4.02. The van der Waals surface area contributed by atoms with Gasteiger partial charge in [0.15, 0.2) is 0 Å². The Hall–Kier alpha value is -1.68. The van der Waals surface area contributed by atoms with E-state index in [0.29, 0.717) is 26.1 Å². The Kier molecular flexibility index (Phi) is 6.83. The predicted molar refractivity (Wildman–Crippen MR) is 106 cm³/mol. The Morgan fingerprint density at radius 2 is 1.83 bits per heavy atom. The second kappa shape index (κ2) is 8.99. The van der Waals surface area contributed by atoms with Crippen molar-refractivity contribution in [3.8, 4) is 0 Å². The highest BCUT2D eigenvalue weighted by atomic mass is 35.5. The molecule has 1 aliphatic carbocycles. The number of rotatable bonds is 5. The van der Waals surface area contributed by atoms with E-state index in [1.807, 2.05) is 0 Å². The normalized spacial score (nSPS) is 20.1. The van der Waals surface area contributed by atoms with E-state index < -0.39 is 27.4 Å². The largest absolute Gasteiger partial charge is 0.467 e. The second-order valence-electron chi connectivity index (χ2n) is 7.25. The van der Waals surface area contributed by atoms with Gasteiger partial charge in [0, 0.05) is 13.1 Å². The van der Waals surface area contributed by atoms with Crippen LogP contribution in [0.25, 0.3) is 0 Å². The van der Waals surface area contributed by atoms with Crippen LogP contribution in [0.3, 0.4) is 0 Å². The average Bonchev–Trinajstić information content (AvgIpc) is 2.74. The highest BCUT2D eigenvalue weighted by Crippen LogP contribution is 2.31. The van der Waals surface area contributed by atoms with Crippen molar-refractivity contribution in [2.24, 2.45) is 0 Å². The summed E-state index contributed by atoms with van der Waals surface area (Å²) in [6.45, 7) is 1.14. The molecule has 0 unspecified atom stereocenters. The summed E-state index contributed by atoms with van der Waals surface area (Å²) in [7, 11) is -2.50. The van der Waals surface area contributed by atoms with Crippen LogP contribution in [0.1, 0.15) is 42.5 Å². The number of nitrogens with zero attached hydrogens (tertiary/aromatic N) is 1. The van der Waals surface area contributed by atoms with Gasteiger partial charge in [-0.05, 0) is 31.0 Å². The first-order valence-corrected chi connectivity index (χ1v) is 11.4. The molecule has 10 heteroatoms. The average molecular weight is 445 g/mol. The van der Waals surface area contributed by atoms with Crippen LogP contribution in [0.5, 0.6) is 0 Å². The summed E-state index contributed by atoms with van der Waals surface area (Å²) in [4.78, 5) is 25.3. The molecule has 2 fully saturated rings. The molecule has 1 saturated heterocycles. The number of carbonyl (C=O) groups is 2. The maximum atomic E-state index is 13.0. The van der Waals surface area contributed by atoms with E-state index >= 15 is 0 Å². The van der Waals surface area contributed by atoms with Gasteiger partial charge in [0.05, 0.1) is 35.8 Å². The number of sulfonamides is 1. The molecule has 0 aromatic heterocycles. The van der Waals surface area contributed by atoms with Crippen molar-refractivity contribution in [1.29, 1.82) is 0 Å². The second-order valence-corrected chi connectivity index (χ2v) is 9.59. The van der Waals surface area contributed by atoms with E-state index in [1.54, 1.807) is 0 Å². The third-order valence-corrected chi connectivity index (χ3v) is 7.65. The van der Waals surface area contributed by atoms with Gasteiger partial charge in [0.2, 0.25) is 10.0 Å². The lowest BCUT2D eigenvalue weighted by molar-refractivity contribution is -0.149. The molecule has 1 saturated carbocycles. The molecular weight excluding hydrogens is 420 g/mol. The molecule has 1 heterocycles. The maximum Gasteiger partial charge on any atom is 0.331 e. The number of esters is 1. The number of morpholine rings is 1. The van der Waals surface area contributed by atoms with Gasteiger partial charge in [-0.3, -0.25) is 4.79 Å². The molecular formula is C19H25ClN2O6S. The first kappa shape index (κ1) is 22.0. The number of hydrogen-bond acceptors (Lipinski definition) is 6. The third-order valence-electron chi connectivity index (χ3n) is 5.43. The molecule has 29 heavy (non-hydrogen) atoms. The number of nitrogens with one attached hydrogen (secondary N) is 1. The molecule has 0 spiro atoms. The van der Waals surface area contributed by atoms with Gasteiger partial charge < -0.3 is 14.8 Å². The molecule has 1 aromatic rings. The molecule has 2 aliphatic rings. The predicted octanol–water partition coefficient (Wildman–Crippen LogP) is 1.97. The molecule has 1 aliphatic heterocycles. The number of hydrogen-bond donors (Lipinski definition) is 1. The molecule has 0 bridgehead atoms. The van der Waals surface area contributed by atoms with E-state index in [-0.39, 0.29) is 28.6 Å². The van der Waals surface area contributed by atoms with Crippen LogP contribution in [0.2, 0.25) is 5.02 Å². The molecule has 1 N–H and O–H groups in total. The fourth-order valence-corrected chi connectivity index (χ4v) is 5.43. The number of methoxy groups -OCH3 is 1. The number of ether oxygens (including phenoxy) is 2. The molecule has 160 valence electrons. The fraction of sp³-hybridized carbons (Fsp3) is 0.579. The van der Waals surface area contributed by atoms with Crippen molar-refractivity contribution < 1.29 is 27.5 Å². The van der Waals surface area contributed by atoms with Crippen molar-refractivity contribution in [3.05, 3.63) is 28.8 Å². The monoisotopic (exact) mass is 444 g/mol. The minimum atomic E-state index is -3.78. The van der Waals surface area contributed by atoms with Crippen LogP contribution >= 0.6 is 11.6 Å². The van der Waals surface area contributed by atoms with Crippen molar-refractivity contribution in [1.82, 2.24) is 9.62 Å². The van der Waals surface area contributed by atoms with Crippen LogP contribution in [0.4, 0.5) is 0 Å². The molecule has 3 rings (SSSR count). The van der Waals surface area contributed by atoms with Gasteiger partial charge in [-0.15, -0.1) is 0 Å². The van der Waals surface area contributed by atoms with E-state index in [9.17, 15) is 18.0 Å². The smallest absolute Gasteiger partial charge is 0.331 e. The highest BCUT2D eigenvalue weighted by molar-refractivity contribution is 7.89. The first-order chi connectivity index (χ1) is 13.8. The summed E-state index contributed by atoms with van der Waals surface area (Å²) < 4.78 is 37.2. The van der Waals surface area contributed by atoms with Gasteiger partial charge in [0.1, 0.15) is 5.54 Å². The number of halogens is 1. The van der Waals surface area contributed by atoms with Gasteiger partial charge >= 0.3 is 5.97 Å². The molecule has 0 atom stereocenters. The Labute approximate surface area is 175 Å². The summed E-state index contributed by atoms with van der Waals surface area (Å²) >= 11 is 6.20. The zero-order chi connectivity index (χ0) is 21.1. The Morgan fingerprint density at radius 3 is 2.45 bits per heavy atom. The van der Waals surface area contributed by atoms with Crippen molar-refractivity contribution in [3.63, 3.8) is 0 Å². The quantitative estimate of drug-likeness (QED) is 0.696. The van der Waals surface area contributed by atoms with Crippen LogP contribution in [0.15, 0.2) is 23.1 Å². The van der Waals surface area contributed by atoms with Gasteiger partial charge in [-0.2, -0.15) is 4.31 Å². The number of amides is 1. The summed E-state index contributed by atoms with van der Waals surface area (Å²) in [5, 5.41) is 2.88.